The van der Waals surface area contributed by atoms with Gasteiger partial charge in [0.15, 0.2) is 0 Å². The number of nitrogens with two attached hydrogens (primary N) is 1. The Bertz CT molecular complexity index is 822. The summed E-state index contributed by atoms with van der Waals surface area (Å²) in [6, 6.07) is 10.7. The molecule has 2 aromatic rings. The molecule has 1 aromatic carbocycles. The minimum Gasteiger partial charge on any atom is -0.348 e. The number of hydrogen-bond donors (Lipinski definition) is 2. The molecule has 0 atom stereocenters. The minimum absolute atomic E-state index is 0.0128. The SMILES string of the molecule is N#Cc1ccc(C(=O)NCc2ccc(S(N)(=O)=O)cc2)cn1. The molecule has 0 fully saturated rings. The first kappa shape index (κ1) is 15.6. The second kappa shape index (κ2) is 6.34. The number of aromatic nitrogens is 1. The quantitative estimate of drug-likeness (QED) is 0.851. The predicted molar refractivity (Wildman–Crippen MR) is 77.9 cm³/mol. The summed E-state index contributed by atoms with van der Waals surface area (Å²) in [4.78, 5) is 15.7. The third-order valence-electron chi connectivity index (χ3n) is 2.85. The Labute approximate surface area is 127 Å². The van der Waals surface area contributed by atoms with E-state index in [9.17, 15) is 13.2 Å². The van der Waals surface area contributed by atoms with Crippen LogP contribution in [0.4, 0.5) is 0 Å². The number of nitrogens with zero attached hydrogens (tertiary/aromatic N) is 2. The maximum atomic E-state index is 11.9. The van der Waals surface area contributed by atoms with Gasteiger partial charge < -0.3 is 5.32 Å². The molecule has 1 aromatic heterocycles. The number of carbonyl (C=O) groups excluding carboxylic acids is 1. The summed E-state index contributed by atoms with van der Waals surface area (Å²) in [5.41, 5.74) is 1.29. The van der Waals surface area contributed by atoms with E-state index in [0.29, 0.717) is 5.56 Å². The average molecular weight is 316 g/mol. The number of sulfonamides is 1. The monoisotopic (exact) mass is 316 g/mol. The molecule has 22 heavy (non-hydrogen) atoms. The Balaban J connectivity index is 2.00. The van der Waals surface area contributed by atoms with Gasteiger partial charge in [-0.15, -0.1) is 0 Å². The molecule has 7 nitrogen and oxygen atoms in total. The third kappa shape index (κ3) is 3.88. The molecule has 0 spiro atoms. The van der Waals surface area contributed by atoms with Gasteiger partial charge in [-0.1, -0.05) is 12.1 Å². The molecule has 0 bridgehead atoms. The topological polar surface area (TPSA) is 126 Å². The lowest BCUT2D eigenvalue weighted by molar-refractivity contribution is 0.0950. The zero-order chi connectivity index (χ0) is 16.2. The summed E-state index contributed by atoms with van der Waals surface area (Å²) in [6.45, 7) is 0.226. The van der Waals surface area contributed by atoms with Crippen molar-refractivity contribution in [2.75, 3.05) is 0 Å². The van der Waals surface area contributed by atoms with Crippen molar-refractivity contribution < 1.29 is 13.2 Å². The molecule has 3 N–H and O–H groups in total. The fourth-order valence-electron chi connectivity index (χ4n) is 1.68. The van der Waals surface area contributed by atoms with Crippen LogP contribution in [0.5, 0.6) is 0 Å². The number of nitriles is 1. The van der Waals surface area contributed by atoms with Gasteiger partial charge in [0.05, 0.1) is 10.5 Å². The maximum absolute atomic E-state index is 11.9. The first-order valence-corrected chi connectivity index (χ1v) is 7.71. The standard InChI is InChI=1S/C14H12N4O3S/c15-7-12-4-3-11(9-17-12)14(19)18-8-10-1-5-13(6-2-10)22(16,20)21/h1-6,9H,8H2,(H,18,19)(H2,16,20,21). The summed E-state index contributed by atoms with van der Waals surface area (Å²) >= 11 is 0. The second-order valence-electron chi connectivity index (χ2n) is 4.42. The van der Waals surface area contributed by atoms with Crippen LogP contribution in [0.3, 0.4) is 0 Å². The van der Waals surface area contributed by atoms with Crippen LogP contribution < -0.4 is 10.5 Å². The van der Waals surface area contributed by atoms with Crippen LogP contribution in [0.2, 0.25) is 0 Å². The highest BCUT2D eigenvalue weighted by molar-refractivity contribution is 7.89. The summed E-state index contributed by atoms with van der Waals surface area (Å²) in [5.74, 6) is -0.340. The highest BCUT2D eigenvalue weighted by atomic mass is 32.2. The molecule has 8 heteroatoms. The van der Waals surface area contributed by atoms with Crippen LogP contribution in [-0.2, 0) is 16.6 Å². The van der Waals surface area contributed by atoms with E-state index in [1.165, 1.54) is 30.5 Å². The van der Waals surface area contributed by atoms with Gasteiger partial charge in [0.2, 0.25) is 10.0 Å². The van der Waals surface area contributed by atoms with Gasteiger partial charge in [-0.05, 0) is 29.8 Å². The first-order valence-electron chi connectivity index (χ1n) is 6.16. The van der Waals surface area contributed by atoms with E-state index in [1.54, 1.807) is 12.1 Å². The van der Waals surface area contributed by atoms with Gasteiger partial charge in [-0.25, -0.2) is 18.5 Å². The summed E-state index contributed by atoms with van der Waals surface area (Å²) in [7, 11) is -3.72. The fourth-order valence-corrected chi connectivity index (χ4v) is 2.19. The van der Waals surface area contributed by atoms with E-state index in [1.807, 2.05) is 6.07 Å². The lowest BCUT2D eigenvalue weighted by Gasteiger charge is -2.06. The zero-order valence-corrected chi connectivity index (χ0v) is 12.2. The molecule has 0 aliphatic rings. The first-order chi connectivity index (χ1) is 10.4. The number of amides is 1. The van der Waals surface area contributed by atoms with Gasteiger partial charge >= 0.3 is 0 Å². The lowest BCUT2D eigenvalue weighted by Crippen LogP contribution is -2.23. The van der Waals surface area contributed by atoms with Crippen molar-refractivity contribution in [1.29, 1.82) is 5.26 Å². The highest BCUT2D eigenvalue weighted by Gasteiger charge is 2.08. The summed E-state index contributed by atoms with van der Waals surface area (Å²) < 4.78 is 22.3. The van der Waals surface area contributed by atoms with E-state index in [-0.39, 0.29) is 23.0 Å². The van der Waals surface area contributed by atoms with E-state index >= 15 is 0 Å². The second-order valence-corrected chi connectivity index (χ2v) is 5.98. The van der Waals surface area contributed by atoms with Gasteiger partial charge in [0, 0.05) is 12.7 Å². The predicted octanol–water partition coefficient (Wildman–Crippen LogP) is 0.531. The van der Waals surface area contributed by atoms with Crippen molar-refractivity contribution in [3.63, 3.8) is 0 Å². The molecular formula is C14H12N4O3S. The van der Waals surface area contributed by atoms with E-state index in [0.717, 1.165) is 5.56 Å². The molecule has 0 radical (unpaired) electrons. The van der Waals surface area contributed by atoms with Gasteiger partial charge in [-0.2, -0.15) is 5.26 Å². The molecule has 0 saturated carbocycles. The van der Waals surface area contributed by atoms with E-state index in [4.69, 9.17) is 10.4 Å². The Hall–Kier alpha value is -2.76. The summed E-state index contributed by atoms with van der Waals surface area (Å²) in [6.07, 6.45) is 1.32. The number of pyridine rings is 1. The van der Waals surface area contributed by atoms with Crippen LogP contribution in [0.25, 0.3) is 0 Å². The normalized spacial score (nSPS) is 10.7. The van der Waals surface area contributed by atoms with Gasteiger partial charge in [0.25, 0.3) is 5.91 Å². The van der Waals surface area contributed by atoms with Crippen LogP contribution in [0, 0.1) is 11.3 Å². The molecule has 0 unspecified atom stereocenters. The third-order valence-corrected chi connectivity index (χ3v) is 3.77. The maximum Gasteiger partial charge on any atom is 0.253 e. The van der Waals surface area contributed by atoms with E-state index in [2.05, 4.69) is 10.3 Å². The molecule has 0 saturated heterocycles. The Morgan fingerprint density at radius 2 is 1.91 bits per heavy atom. The number of carbonyl (C=O) groups is 1. The smallest absolute Gasteiger partial charge is 0.253 e. The molecule has 0 aliphatic carbocycles. The average Bonchev–Trinajstić information content (AvgIpc) is 2.52. The van der Waals surface area contributed by atoms with Crippen molar-refractivity contribution in [2.24, 2.45) is 5.14 Å². The lowest BCUT2D eigenvalue weighted by atomic mass is 10.2. The molecule has 0 aliphatic heterocycles. The van der Waals surface area contributed by atoms with Crippen LogP contribution in [0.1, 0.15) is 21.6 Å². The van der Waals surface area contributed by atoms with Gasteiger partial charge in [-0.3, -0.25) is 4.79 Å². The number of hydrogen-bond acceptors (Lipinski definition) is 5. The Morgan fingerprint density at radius 3 is 2.41 bits per heavy atom. The fraction of sp³-hybridized carbons (Fsp3) is 0.0714. The van der Waals surface area contributed by atoms with Crippen molar-refractivity contribution in [1.82, 2.24) is 10.3 Å². The minimum atomic E-state index is -3.72. The Kier molecular flexibility index (Phi) is 4.50. The van der Waals surface area contributed by atoms with Crippen LogP contribution >= 0.6 is 0 Å². The van der Waals surface area contributed by atoms with Crippen molar-refractivity contribution in [3.8, 4) is 6.07 Å². The van der Waals surface area contributed by atoms with Crippen LogP contribution in [0.15, 0.2) is 47.5 Å². The van der Waals surface area contributed by atoms with Crippen LogP contribution in [-0.4, -0.2) is 19.3 Å². The zero-order valence-electron chi connectivity index (χ0n) is 11.4. The molecule has 112 valence electrons. The number of rotatable bonds is 4. The number of benzene rings is 1. The molecule has 1 heterocycles. The largest absolute Gasteiger partial charge is 0.348 e. The molecule has 1 amide bonds. The van der Waals surface area contributed by atoms with Crippen molar-refractivity contribution >= 4 is 15.9 Å². The number of nitrogens with one attached hydrogen (secondary N) is 1. The van der Waals surface area contributed by atoms with E-state index < -0.39 is 10.0 Å². The summed E-state index contributed by atoms with van der Waals surface area (Å²) in [5, 5.41) is 16.3. The molecular weight excluding hydrogens is 304 g/mol. The van der Waals surface area contributed by atoms with Crippen molar-refractivity contribution in [2.45, 2.75) is 11.4 Å². The van der Waals surface area contributed by atoms with Gasteiger partial charge in [0.1, 0.15) is 11.8 Å². The molecule has 2 rings (SSSR count). The Morgan fingerprint density at radius 1 is 1.23 bits per heavy atom. The van der Waals surface area contributed by atoms with Crippen molar-refractivity contribution in [3.05, 3.63) is 59.4 Å². The number of primary sulfonamides is 1. The highest BCUT2D eigenvalue weighted by Crippen LogP contribution is 2.09.